The van der Waals surface area contributed by atoms with E-state index in [1.807, 2.05) is 17.5 Å². The molecule has 0 aliphatic carbocycles. The van der Waals surface area contributed by atoms with Gasteiger partial charge in [-0.3, -0.25) is 15.1 Å². The lowest BCUT2D eigenvalue weighted by molar-refractivity contribution is -0.380. The molecule has 0 saturated carbocycles. The molecular formula is C12H13N3O2S. The Labute approximate surface area is 109 Å². The zero-order chi connectivity index (χ0) is 13.0. The van der Waals surface area contributed by atoms with Crippen LogP contribution in [0.15, 0.2) is 36.0 Å². The van der Waals surface area contributed by atoms with Gasteiger partial charge in [-0.15, -0.1) is 0 Å². The van der Waals surface area contributed by atoms with E-state index >= 15 is 0 Å². The van der Waals surface area contributed by atoms with Crippen molar-refractivity contribution < 1.29 is 4.92 Å². The second-order valence-electron chi connectivity index (χ2n) is 3.93. The number of nitro groups is 1. The van der Waals surface area contributed by atoms with Crippen molar-refractivity contribution in [3.8, 4) is 0 Å². The minimum absolute atomic E-state index is 0.184. The first-order chi connectivity index (χ1) is 8.66. The number of nitrogens with zero attached hydrogens (tertiary/aromatic N) is 2. The first-order valence-corrected chi connectivity index (χ1v) is 6.40. The third-order valence-electron chi connectivity index (χ3n) is 2.64. The molecule has 2 heterocycles. The van der Waals surface area contributed by atoms with Gasteiger partial charge in [-0.25, -0.2) is 0 Å². The number of rotatable bonds is 5. The standard InChI is InChI=1S/C12H13N3O2S/c1-9(11-2-4-13-5-3-11)14-7-10-6-12(15(16)17)18-8-10/h2-6,8-9,14H,7H2,1H3/t9-/m0/s1. The van der Waals surface area contributed by atoms with Crippen LogP contribution in [0.3, 0.4) is 0 Å². The fourth-order valence-corrected chi connectivity index (χ4v) is 2.32. The second kappa shape index (κ2) is 5.70. The molecule has 6 heteroatoms. The van der Waals surface area contributed by atoms with Crippen LogP contribution in [0.2, 0.25) is 0 Å². The number of nitrogens with one attached hydrogen (secondary N) is 1. The van der Waals surface area contributed by atoms with Crippen molar-refractivity contribution in [2.24, 2.45) is 0 Å². The van der Waals surface area contributed by atoms with Gasteiger partial charge in [0.15, 0.2) is 0 Å². The molecule has 2 aromatic rings. The normalized spacial score (nSPS) is 12.3. The van der Waals surface area contributed by atoms with Crippen molar-refractivity contribution >= 4 is 16.3 Å². The van der Waals surface area contributed by atoms with Crippen molar-refractivity contribution in [1.82, 2.24) is 10.3 Å². The van der Waals surface area contributed by atoms with Crippen molar-refractivity contribution in [3.63, 3.8) is 0 Å². The third-order valence-corrected chi connectivity index (χ3v) is 3.57. The van der Waals surface area contributed by atoms with Gasteiger partial charge in [0.05, 0.1) is 4.92 Å². The van der Waals surface area contributed by atoms with Crippen LogP contribution in [0.4, 0.5) is 5.00 Å². The van der Waals surface area contributed by atoms with E-state index in [0.29, 0.717) is 6.54 Å². The Morgan fingerprint density at radius 2 is 2.22 bits per heavy atom. The summed E-state index contributed by atoms with van der Waals surface area (Å²) in [5, 5.41) is 15.9. The fraction of sp³-hybridized carbons (Fsp3) is 0.250. The Bertz CT molecular complexity index is 527. The lowest BCUT2D eigenvalue weighted by Crippen LogP contribution is -2.17. The molecule has 0 unspecified atom stereocenters. The highest BCUT2D eigenvalue weighted by Crippen LogP contribution is 2.23. The van der Waals surface area contributed by atoms with Crippen molar-refractivity contribution in [3.05, 3.63) is 57.2 Å². The average molecular weight is 263 g/mol. The van der Waals surface area contributed by atoms with Gasteiger partial charge >= 0.3 is 5.00 Å². The van der Waals surface area contributed by atoms with Gasteiger partial charge in [0.1, 0.15) is 0 Å². The molecule has 0 aliphatic heterocycles. The topological polar surface area (TPSA) is 68.1 Å². The molecule has 1 atom stereocenters. The summed E-state index contributed by atoms with van der Waals surface area (Å²) in [5.74, 6) is 0. The molecule has 0 aliphatic rings. The summed E-state index contributed by atoms with van der Waals surface area (Å²) in [6, 6.07) is 5.70. The summed E-state index contributed by atoms with van der Waals surface area (Å²) in [4.78, 5) is 14.2. The summed E-state index contributed by atoms with van der Waals surface area (Å²) in [6.07, 6.45) is 3.51. The average Bonchev–Trinajstić information content (AvgIpc) is 2.86. The number of pyridine rings is 1. The molecule has 2 aromatic heterocycles. The van der Waals surface area contributed by atoms with Crippen molar-refractivity contribution in [2.45, 2.75) is 19.5 Å². The largest absolute Gasteiger partial charge is 0.324 e. The predicted octanol–water partition coefficient (Wildman–Crippen LogP) is 2.90. The Morgan fingerprint density at radius 1 is 1.50 bits per heavy atom. The summed E-state index contributed by atoms with van der Waals surface area (Å²) < 4.78 is 0. The van der Waals surface area contributed by atoms with Crippen LogP contribution in [0.25, 0.3) is 0 Å². The molecule has 2 rings (SSSR count). The molecule has 18 heavy (non-hydrogen) atoms. The Kier molecular flexibility index (Phi) is 4.01. The summed E-state index contributed by atoms with van der Waals surface area (Å²) in [7, 11) is 0. The van der Waals surface area contributed by atoms with Gasteiger partial charge in [-0.05, 0) is 30.2 Å². The molecule has 5 nitrogen and oxygen atoms in total. The Hall–Kier alpha value is -1.79. The molecule has 0 bridgehead atoms. The van der Waals surface area contributed by atoms with Crippen molar-refractivity contribution in [1.29, 1.82) is 0 Å². The van der Waals surface area contributed by atoms with E-state index in [-0.39, 0.29) is 16.0 Å². The zero-order valence-electron chi connectivity index (χ0n) is 9.87. The van der Waals surface area contributed by atoms with Crippen LogP contribution >= 0.6 is 11.3 Å². The molecule has 0 amide bonds. The lowest BCUT2D eigenvalue weighted by atomic mass is 10.1. The van der Waals surface area contributed by atoms with E-state index in [0.717, 1.165) is 22.5 Å². The molecule has 94 valence electrons. The molecule has 0 radical (unpaired) electrons. The maximum atomic E-state index is 10.6. The lowest BCUT2D eigenvalue weighted by Gasteiger charge is -2.12. The van der Waals surface area contributed by atoms with Crippen molar-refractivity contribution in [2.75, 3.05) is 0 Å². The number of hydrogen-bond donors (Lipinski definition) is 1. The molecule has 0 fully saturated rings. The van der Waals surface area contributed by atoms with E-state index < -0.39 is 0 Å². The molecule has 0 aromatic carbocycles. The first-order valence-electron chi connectivity index (χ1n) is 5.52. The van der Waals surface area contributed by atoms with E-state index in [1.54, 1.807) is 18.5 Å². The van der Waals surface area contributed by atoms with Gasteiger partial charge in [0, 0.05) is 36.4 Å². The van der Waals surface area contributed by atoms with E-state index in [4.69, 9.17) is 0 Å². The number of hydrogen-bond acceptors (Lipinski definition) is 5. The van der Waals surface area contributed by atoms with E-state index in [9.17, 15) is 10.1 Å². The van der Waals surface area contributed by atoms with Gasteiger partial charge in [0.25, 0.3) is 0 Å². The maximum Gasteiger partial charge on any atom is 0.324 e. The van der Waals surface area contributed by atoms with Crippen LogP contribution < -0.4 is 5.32 Å². The molecule has 0 saturated heterocycles. The zero-order valence-corrected chi connectivity index (χ0v) is 10.7. The minimum atomic E-state index is -0.361. The monoisotopic (exact) mass is 263 g/mol. The third kappa shape index (κ3) is 3.12. The highest BCUT2D eigenvalue weighted by molar-refractivity contribution is 7.13. The highest BCUT2D eigenvalue weighted by atomic mass is 32.1. The summed E-state index contributed by atoms with van der Waals surface area (Å²) in [6.45, 7) is 2.67. The first kappa shape index (κ1) is 12.7. The van der Waals surface area contributed by atoms with Crippen LogP contribution in [0, 0.1) is 10.1 Å². The molecule has 1 N–H and O–H groups in total. The Balaban J connectivity index is 1.93. The minimum Gasteiger partial charge on any atom is -0.306 e. The quantitative estimate of drug-likeness (QED) is 0.665. The van der Waals surface area contributed by atoms with Crippen LogP contribution in [0.1, 0.15) is 24.1 Å². The van der Waals surface area contributed by atoms with Gasteiger partial charge in [-0.2, -0.15) is 0 Å². The van der Waals surface area contributed by atoms with Gasteiger partial charge < -0.3 is 5.32 Å². The second-order valence-corrected chi connectivity index (χ2v) is 4.82. The van der Waals surface area contributed by atoms with Crippen LogP contribution in [0.5, 0.6) is 0 Å². The SMILES string of the molecule is C[C@H](NCc1csc([N+](=O)[O-])c1)c1ccncc1. The number of aromatic nitrogens is 1. The van der Waals surface area contributed by atoms with E-state index in [2.05, 4.69) is 17.2 Å². The predicted molar refractivity (Wildman–Crippen MR) is 70.5 cm³/mol. The molecular weight excluding hydrogens is 250 g/mol. The van der Waals surface area contributed by atoms with E-state index in [1.165, 1.54) is 0 Å². The van der Waals surface area contributed by atoms with Crippen LogP contribution in [-0.4, -0.2) is 9.91 Å². The number of thiophene rings is 1. The summed E-state index contributed by atoms with van der Waals surface area (Å²) in [5.41, 5.74) is 2.09. The fourth-order valence-electron chi connectivity index (χ4n) is 1.59. The maximum absolute atomic E-state index is 10.6. The highest BCUT2D eigenvalue weighted by Gasteiger charge is 2.10. The molecule has 0 spiro atoms. The van der Waals surface area contributed by atoms with Crippen LogP contribution in [-0.2, 0) is 6.54 Å². The smallest absolute Gasteiger partial charge is 0.306 e. The summed E-state index contributed by atoms with van der Waals surface area (Å²) >= 11 is 1.16. The van der Waals surface area contributed by atoms with Gasteiger partial charge in [-0.1, -0.05) is 11.3 Å². The Morgan fingerprint density at radius 3 is 2.83 bits per heavy atom. The van der Waals surface area contributed by atoms with Gasteiger partial charge in [0.2, 0.25) is 0 Å².